The number of anilines is 1. The molecular weight excluding hydrogens is 314 g/mol. The lowest BCUT2D eigenvalue weighted by molar-refractivity contribution is 0.103. The molecule has 0 radical (unpaired) electrons. The first kappa shape index (κ1) is 14.8. The summed E-state index contributed by atoms with van der Waals surface area (Å²) in [6, 6.07) is 13.1. The van der Waals surface area contributed by atoms with Crippen LogP contribution in [0.1, 0.15) is 35.3 Å². The molecule has 0 bridgehead atoms. The minimum absolute atomic E-state index is 0.00547. The number of benzene rings is 2. The topological polar surface area (TPSA) is 43.1 Å². The van der Waals surface area contributed by atoms with Crippen molar-refractivity contribution in [2.24, 2.45) is 5.92 Å². The summed E-state index contributed by atoms with van der Waals surface area (Å²) >= 11 is 3.36. The number of halogens is 1. The zero-order valence-electron chi connectivity index (χ0n) is 11.7. The Morgan fingerprint density at radius 2 is 1.75 bits per heavy atom. The molecular formula is C17H18BrNO. The molecule has 104 valence electrons. The van der Waals surface area contributed by atoms with E-state index in [1.807, 2.05) is 24.3 Å². The van der Waals surface area contributed by atoms with Crippen LogP contribution in [0.25, 0.3) is 0 Å². The van der Waals surface area contributed by atoms with Gasteiger partial charge in [0.05, 0.1) is 0 Å². The Labute approximate surface area is 128 Å². The number of carbonyl (C=O) groups is 1. The van der Waals surface area contributed by atoms with E-state index in [1.165, 1.54) is 5.56 Å². The normalized spacial score (nSPS) is 10.8. The third-order valence-corrected chi connectivity index (χ3v) is 3.50. The van der Waals surface area contributed by atoms with Crippen LogP contribution in [0.5, 0.6) is 0 Å². The standard InChI is InChI=1S/C17H18BrNO/c1-11(2)7-12-3-5-13(6-4-12)17(20)14-8-15(18)10-16(19)9-14/h3-6,8-11H,7,19H2,1-2H3. The maximum Gasteiger partial charge on any atom is 0.193 e. The van der Waals surface area contributed by atoms with Gasteiger partial charge in [-0.15, -0.1) is 0 Å². The molecule has 0 aromatic heterocycles. The lowest BCUT2D eigenvalue weighted by Gasteiger charge is -2.07. The quantitative estimate of drug-likeness (QED) is 0.663. The monoisotopic (exact) mass is 331 g/mol. The Kier molecular flexibility index (Phi) is 4.61. The highest BCUT2D eigenvalue weighted by molar-refractivity contribution is 9.10. The highest BCUT2D eigenvalue weighted by Gasteiger charge is 2.10. The van der Waals surface area contributed by atoms with Gasteiger partial charge < -0.3 is 5.73 Å². The largest absolute Gasteiger partial charge is 0.399 e. The van der Waals surface area contributed by atoms with Gasteiger partial charge in [0.25, 0.3) is 0 Å². The van der Waals surface area contributed by atoms with Gasteiger partial charge in [-0.05, 0) is 36.1 Å². The second-order valence-corrected chi connectivity index (χ2v) is 6.31. The summed E-state index contributed by atoms with van der Waals surface area (Å²) in [6.07, 6.45) is 1.03. The highest BCUT2D eigenvalue weighted by Crippen LogP contribution is 2.20. The molecule has 0 saturated carbocycles. The van der Waals surface area contributed by atoms with Crippen molar-refractivity contribution in [1.82, 2.24) is 0 Å². The van der Waals surface area contributed by atoms with Crippen molar-refractivity contribution in [3.8, 4) is 0 Å². The van der Waals surface area contributed by atoms with Crippen LogP contribution in [0.4, 0.5) is 5.69 Å². The summed E-state index contributed by atoms with van der Waals surface area (Å²) in [5.41, 5.74) is 8.90. The Morgan fingerprint density at radius 3 is 2.30 bits per heavy atom. The van der Waals surface area contributed by atoms with Crippen LogP contribution in [-0.4, -0.2) is 5.78 Å². The third kappa shape index (κ3) is 3.70. The van der Waals surface area contributed by atoms with Crippen LogP contribution in [-0.2, 0) is 6.42 Å². The third-order valence-electron chi connectivity index (χ3n) is 3.04. The van der Waals surface area contributed by atoms with Gasteiger partial charge >= 0.3 is 0 Å². The number of hydrogen-bond acceptors (Lipinski definition) is 2. The fourth-order valence-electron chi connectivity index (χ4n) is 2.17. The molecule has 0 unspecified atom stereocenters. The summed E-state index contributed by atoms with van der Waals surface area (Å²) < 4.78 is 0.817. The van der Waals surface area contributed by atoms with Crippen molar-refractivity contribution in [3.05, 3.63) is 63.6 Å². The van der Waals surface area contributed by atoms with Gasteiger partial charge in [0, 0.05) is 21.3 Å². The van der Waals surface area contributed by atoms with E-state index in [2.05, 4.69) is 29.8 Å². The van der Waals surface area contributed by atoms with Crippen molar-refractivity contribution >= 4 is 27.4 Å². The van der Waals surface area contributed by atoms with Crippen molar-refractivity contribution < 1.29 is 4.79 Å². The molecule has 0 heterocycles. The second kappa shape index (κ2) is 6.23. The van der Waals surface area contributed by atoms with Gasteiger partial charge in [-0.25, -0.2) is 0 Å². The fourth-order valence-corrected chi connectivity index (χ4v) is 2.68. The van der Waals surface area contributed by atoms with Gasteiger partial charge in [-0.3, -0.25) is 4.79 Å². The van der Waals surface area contributed by atoms with E-state index in [1.54, 1.807) is 18.2 Å². The number of rotatable bonds is 4. The maximum atomic E-state index is 12.4. The van der Waals surface area contributed by atoms with E-state index >= 15 is 0 Å². The van der Waals surface area contributed by atoms with Gasteiger partial charge in [0.2, 0.25) is 0 Å². The van der Waals surface area contributed by atoms with Crippen LogP contribution in [0.3, 0.4) is 0 Å². The Balaban J connectivity index is 2.24. The zero-order chi connectivity index (χ0) is 14.7. The average Bonchev–Trinajstić information content (AvgIpc) is 2.37. The predicted molar refractivity (Wildman–Crippen MR) is 87.0 cm³/mol. The minimum Gasteiger partial charge on any atom is -0.399 e. The van der Waals surface area contributed by atoms with Crippen LogP contribution < -0.4 is 5.73 Å². The number of nitrogen functional groups attached to an aromatic ring is 1. The molecule has 0 amide bonds. The molecule has 0 atom stereocenters. The van der Waals surface area contributed by atoms with Crippen molar-refractivity contribution in [1.29, 1.82) is 0 Å². The molecule has 2 N–H and O–H groups in total. The molecule has 2 rings (SSSR count). The van der Waals surface area contributed by atoms with E-state index in [4.69, 9.17) is 5.73 Å². The fraction of sp³-hybridized carbons (Fsp3) is 0.235. The Bertz CT molecular complexity index is 597. The van der Waals surface area contributed by atoms with Crippen molar-refractivity contribution in [3.63, 3.8) is 0 Å². The van der Waals surface area contributed by atoms with Gasteiger partial charge in [0.1, 0.15) is 0 Å². The molecule has 0 fully saturated rings. The zero-order valence-corrected chi connectivity index (χ0v) is 13.3. The number of hydrogen-bond donors (Lipinski definition) is 1. The van der Waals surface area contributed by atoms with Gasteiger partial charge in [-0.1, -0.05) is 54.0 Å². The maximum absolute atomic E-state index is 12.4. The van der Waals surface area contributed by atoms with Crippen molar-refractivity contribution in [2.75, 3.05) is 5.73 Å². The van der Waals surface area contributed by atoms with E-state index in [-0.39, 0.29) is 5.78 Å². The average molecular weight is 332 g/mol. The molecule has 0 spiro atoms. The van der Waals surface area contributed by atoms with Crippen molar-refractivity contribution in [2.45, 2.75) is 20.3 Å². The van der Waals surface area contributed by atoms with Crippen LogP contribution in [0.2, 0.25) is 0 Å². The predicted octanol–water partition coefficient (Wildman–Crippen LogP) is 4.46. The lowest BCUT2D eigenvalue weighted by atomic mass is 9.98. The van der Waals surface area contributed by atoms with Gasteiger partial charge in [-0.2, -0.15) is 0 Å². The van der Waals surface area contributed by atoms with E-state index < -0.39 is 0 Å². The minimum atomic E-state index is -0.00547. The highest BCUT2D eigenvalue weighted by atomic mass is 79.9. The van der Waals surface area contributed by atoms with Crippen LogP contribution in [0.15, 0.2) is 46.9 Å². The summed E-state index contributed by atoms with van der Waals surface area (Å²) in [6.45, 7) is 4.37. The molecule has 0 aliphatic heterocycles. The van der Waals surface area contributed by atoms with Crippen LogP contribution in [0, 0.1) is 5.92 Å². The second-order valence-electron chi connectivity index (χ2n) is 5.40. The molecule has 3 heteroatoms. The Morgan fingerprint density at radius 1 is 1.10 bits per heavy atom. The molecule has 20 heavy (non-hydrogen) atoms. The smallest absolute Gasteiger partial charge is 0.193 e. The lowest BCUT2D eigenvalue weighted by Crippen LogP contribution is -2.03. The summed E-state index contributed by atoms with van der Waals surface area (Å²) in [5, 5.41) is 0. The molecule has 2 nitrogen and oxygen atoms in total. The number of carbonyl (C=O) groups excluding carboxylic acids is 1. The van der Waals surface area contributed by atoms with E-state index in [0.717, 1.165) is 10.9 Å². The van der Waals surface area contributed by atoms with E-state index in [0.29, 0.717) is 22.7 Å². The number of nitrogens with two attached hydrogens (primary N) is 1. The molecule has 2 aromatic carbocycles. The van der Waals surface area contributed by atoms with Gasteiger partial charge in [0.15, 0.2) is 5.78 Å². The molecule has 0 aliphatic carbocycles. The first-order chi connectivity index (χ1) is 9.45. The molecule has 0 saturated heterocycles. The summed E-state index contributed by atoms with van der Waals surface area (Å²) in [5.74, 6) is 0.607. The molecule has 0 aliphatic rings. The summed E-state index contributed by atoms with van der Waals surface area (Å²) in [7, 11) is 0. The first-order valence-electron chi connectivity index (χ1n) is 6.65. The summed E-state index contributed by atoms with van der Waals surface area (Å²) in [4.78, 5) is 12.4. The molecule has 2 aromatic rings. The van der Waals surface area contributed by atoms with Crippen LogP contribution >= 0.6 is 15.9 Å². The Hall–Kier alpha value is -1.61. The SMILES string of the molecule is CC(C)Cc1ccc(C(=O)c2cc(N)cc(Br)c2)cc1. The number of ketones is 1. The van der Waals surface area contributed by atoms with E-state index in [9.17, 15) is 4.79 Å². The first-order valence-corrected chi connectivity index (χ1v) is 7.44.